The van der Waals surface area contributed by atoms with E-state index in [9.17, 15) is 0 Å². The second kappa shape index (κ2) is 3.01. The van der Waals surface area contributed by atoms with Crippen LogP contribution in [0.4, 0.5) is 5.00 Å². The molecule has 0 saturated carbocycles. The lowest BCUT2D eigenvalue weighted by Gasteiger charge is -1.88. The smallest absolute Gasteiger partial charge is 0.120 e. The molecule has 2 aromatic rings. The van der Waals surface area contributed by atoms with Crippen molar-refractivity contribution in [3.8, 4) is 0 Å². The Kier molecular flexibility index (Phi) is 2.00. The van der Waals surface area contributed by atoms with Gasteiger partial charge in [-0.3, -0.25) is 0 Å². The first-order valence-electron chi connectivity index (χ1n) is 3.42. The molecular weight excluding hydrogens is 192 g/mol. The second-order valence-corrected chi connectivity index (χ2v) is 4.35. The predicted octanol–water partition coefficient (Wildman–Crippen LogP) is 2.09. The molecule has 0 radical (unpaired) electrons. The van der Waals surface area contributed by atoms with E-state index in [4.69, 9.17) is 10.5 Å². The first-order chi connectivity index (χ1) is 5.81. The van der Waals surface area contributed by atoms with Crippen molar-refractivity contribution in [3.05, 3.63) is 10.4 Å². The zero-order chi connectivity index (χ0) is 8.55. The third-order valence-electron chi connectivity index (χ3n) is 1.49. The van der Waals surface area contributed by atoms with Crippen LogP contribution in [0, 0.1) is 0 Å². The van der Waals surface area contributed by atoms with Crippen LogP contribution < -0.4 is 5.73 Å². The number of methoxy groups -OCH3 is 1. The lowest BCUT2D eigenvalue weighted by Crippen LogP contribution is -1.83. The lowest BCUT2D eigenvalue weighted by atomic mass is 10.5. The van der Waals surface area contributed by atoms with Crippen LogP contribution in [0.15, 0.2) is 5.38 Å². The highest BCUT2D eigenvalue weighted by molar-refractivity contribution is 7.25. The van der Waals surface area contributed by atoms with Crippen molar-refractivity contribution in [3.63, 3.8) is 0 Å². The van der Waals surface area contributed by atoms with Crippen LogP contribution in [0.5, 0.6) is 0 Å². The van der Waals surface area contributed by atoms with Gasteiger partial charge >= 0.3 is 0 Å². The van der Waals surface area contributed by atoms with Crippen LogP contribution >= 0.6 is 22.7 Å². The third-order valence-corrected chi connectivity index (χ3v) is 3.49. The Hall–Kier alpha value is -0.650. The topological polar surface area (TPSA) is 48.1 Å². The maximum atomic E-state index is 5.73. The Morgan fingerprint density at radius 1 is 1.67 bits per heavy atom. The number of ether oxygens (including phenoxy) is 1. The molecule has 0 aliphatic heterocycles. The summed E-state index contributed by atoms with van der Waals surface area (Å²) in [5.41, 5.74) is 6.73. The van der Waals surface area contributed by atoms with Gasteiger partial charge in [0.25, 0.3) is 0 Å². The average Bonchev–Trinajstić information content (AvgIpc) is 2.55. The van der Waals surface area contributed by atoms with Gasteiger partial charge in [0.15, 0.2) is 0 Å². The molecule has 0 fully saturated rings. The van der Waals surface area contributed by atoms with Gasteiger partial charge in [0.05, 0.1) is 16.8 Å². The Labute approximate surface area is 77.8 Å². The first-order valence-corrected chi connectivity index (χ1v) is 5.12. The molecule has 2 rings (SSSR count). The molecule has 64 valence electrons. The fourth-order valence-corrected chi connectivity index (χ4v) is 2.82. The number of aromatic nitrogens is 1. The van der Waals surface area contributed by atoms with Crippen molar-refractivity contribution >= 4 is 37.9 Å². The SMILES string of the molecule is COCc1nc2csc(N)c2s1. The molecule has 0 bridgehead atoms. The molecular formula is C7H8N2OS2. The van der Waals surface area contributed by atoms with Crippen LogP contribution in [0.2, 0.25) is 0 Å². The minimum absolute atomic E-state index is 0.573. The van der Waals surface area contributed by atoms with Gasteiger partial charge in [0.1, 0.15) is 10.0 Å². The van der Waals surface area contributed by atoms with Gasteiger partial charge in [-0.15, -0.1) is 22.7 Å². The van der Waals surface area contributed by atoms with E-state index in [0.717, 1.165) is 20.2 Å². The highest BCUT2D eigenvalue weighted by Crippen LogP contribution is 2.32. The third kappa shape index (κ3) is 1.20. The standard InChI is InChI=1S/C7H8N2OS2/c1-10-2-5-9-4-3-11-7(8)6(4)12-5/h3H,2,8H2,1H3. The van der Waals surface area contributed by atoms with Crippen molar-refractivity contribution < 1.29 is 4.74 Å². The van der Waals surface area contributed by atoms with E-state index < -0.39 is 0 Å². The molecule has 0 spiro atoms. The summed E-state index contributed by atoms with van der Waals surface area (Å²) in [6, 6.07) is 0. The highest BCUT2D eigenvalue weighted by Gasteiger charge is 2.07. The van der Waals surface area contributed by atoms with Crippen molar-refractivity contribution in [1.82, 2.24) is 4.98 Å². The fraction of sp³-hybridized carbons (Fsp3) is 0.286. The van der Waals surface area contributed by atoms with Crippen LogP contribution in [0.1, 0.15) is 5.01 Å². The van der Waals surface area contributed by atoms with E-state index in [1.165, 1.54) is 11.3 Å². The molecule has 0 aliphatic rings. The number of thiazole rings is 1. The quantitative estimate of drug-likeness (QED) is 0.807. The molecule has 5 heteroatoms. The van der Waals surface area contributed by atoms with E-state index in [2.05, 4.69) is 4.98 Å². The number of hydrogen-bond acceptors (Lipinski definition) is 5. The fourth-order valence-electron chi connectivity index (χ4n) is 0.992. The summed E-state index contributed by atoms with van der Waals surface area (Å²) in [5, 5.41) is 3.81. The number of thiophene rings is 1. The molecule has 0 aromatic carbocycles. The van der Waals surface area contributed by atoms with E-state index in [0.29, 0.717) is 6.61 Å². The van der Waals surface area contributed by atoms with Crippen LogP contribution in [-0.4, -0.2) is 12.1 Å². The summed E-state index contributed by atoms with van der Waals surface area (Å²) >= 11 is 3.14. The van der Waals surface area contributed by atoms with Crippen molar-refractivity contribution in [2.75, 3.05) is 12.8 Å². The summed E-state index contributed by atoms with van der Waals surface area (Å²) < 4.78 is 6.07. The summed E-state index contributed by atoms with van der Waals surface area (Å²) in [5.74, 6) is 0. The summed E-state index contributed by atoms with van der Waals surface area (Å²) in [6.45, 7) is 0.573. The van der Waals surface area contributed by atoms with Crippen LogP contribution in [0.3, 0.4) is 0 Å². The highest BCUT2D eigenvalue weighted by atomic mass is 32.1. The molecule has 0 aliphatic carbocycles. The molecule has 0 saturated heterocycles. The largest absolute Gasteiger partial charge is 0.389 e. The van der Waals surface area contributed by atoms with Gasteiger partial charge in [-0.25, -0.2) is 4.98 Å². The zero-order valence-electron chi connectivity index (χ0n) is 6.53. The number of hydrogen-bond donors (Lipinski definition) is 1. The maximum absolute atomic E-state index is 5.73. The molecule has 2 N–H and O–H groups in total. The molecule has 3 nitrogen and oxygen atoms in total. The molecule has 0 atom stereocenters. The van der Waals surface area contributed by atoms with Gasteiger partial charge in [0, 0.05) is 12.5 Å². The summed E-state index contributed by atoms with van der Waals surface area (Å²) in [7, 11) is 1.66. The van der Waals surface area contributed by atoms with Gasteiger partial charge in [-0.05, 0) is 0 Å². The molecule has 0 unspecified atom stereocenters. The molecule has 2 aromatic heterocycles. The number of nitrogen functional groups attached to an aromatic ring is 1. The summed E-state index contributed by atoms with van der Waals surface area (Å²) in [4.78, 5) is 4.35. The molecule has 2 heterocycles. The Bertz CT molecular complexity index is 393. The maximum Gasteiger partial charge on any atom is 0.120 e. The molecule has 12 heavy (non-hydrogen) atoms. The number of nitrogens with zero attached hydrogens (tertiary/aromatic N) is 1. The average molecular weight is 200 g/mol. The Morgan fingerprint density at radius 2 is 2.50 bits per heavy atom. The predicted molar refractivity (Wildman–Crippen MR) is 52.6 cm³/mol. The van der Waals surface area contributed by atoms with Gasteiger partial charge in [-0.1, -0.05) is 0 Å². The number of anilines is 1. The minimum atomic E-state index is 0.573. The van der Waals surface area contributed by atoms with E-state index in [-0.39, 0.29) is 0 Å². The first kappa shape index (κ1) is 7.97. The van der Waals surface area contributed by atoms with Gasteiger partial charge in [0.2, 0.25) is 0 Å². The van der Waals surface area contributed by atoms with Crippen molar-refractivity contribution in [2.45, 2.75) is 6.61 Å². The lowest BCUT2D eigenvalue weighted by molar-refractivity contribution is 0.185. The normalized spacial score (nSPS) is 11.1. The Morgan fingerprint density at radius 3 is 3.17 bits per heavy atom. The molecule has 0 amide bonds. The van der Waals surface area contributed by atoms with E-state index in [1.54, 1.807) is 18.4 Å². The van der Waals surface area contributed by atoms with Crippen LogP contribution in [-0.2, 0) is 11.3 Å². The second-order valence-electron chi connectivity index (χ2n) is 2.35. The van der Waals surface area contributed by atoms with E-state index >= 15 is 0 Å². The van der Waals surface area contributed by atoms with Crippen molar-refractivity contribution in [2.24, 2.45) is 0 Å². The van der Waals surface area contributed by atoms with Crippen molar-refractivity contribution in [1.29, 1.82) is 0 Å². The number of nitrogens with two attached hydrogens (primary N) is 1. The van der Waals surface area contributed by atoms with E-state index in [1.807, 2.05) is 5.38 Å². The minimum Gasteiger partial charge on any atom is -0.389 e. The number of rotatable bonds is 2. The monoisotopic (exact) mass is 200 g/mol. The van der Waals surface area contributed by atoms with Gasteiger partial charge in [-0.2, -0.15) is 0 Å². The zero-order valence-corrected chi connectivity index (χ0v) is 8.17. The van der Waals surface area contributed by atoms with Gasteiger partial charge < -0.3 is 10.5 Å². The van der Waals surface area contributed by atoms with Crippen LogP contribution in [0.25, 0.3) is 10.2 Å². The number of fused-ring (bicyclic) bond motifs is 1. The Balaban J connectivity index is 2.48. The summed E-state index contributed by atoms with van der Waals surface area (Å²) in [6.07, 6.45) is 0.